The molecule has 0 bridgehead atoms. The fourth-order valence-corrected chi connectivity index (χ4v) is 1.80. The van der Waals surface area contributed by atoms with Crippen LogP contribution in [0.2, 0.25) is 10.3 Å². The molecule has 3 nitrogen and oxygen atoms in total. The minimum atomic E-state index is 0.259. The number of nitrogens with zero attached hydrogens (tertiary/aromatic N) is 2. The number of fused-ring (bicyclic) bond motifs is 1. The van der Waals surface area contributed by atoms with Crippen LogP contribution in [0.1, 0.15) is 5.69 Å². The van der Waals surface area contributed by atoms with Crippen LogP contribution in [0.15, 0.2) is 18.2 Å². The zero-order valence-electron chi connectivity index (χ0n) is 8.09. The number of benzene rings is 1. The number of aromatic nitrogens is 2. The van der Waals surface area contributed by atoms with Crippen molar-refractivity contribution in [1.29, 1.82) is 0 Å². The normalized spacial score (nSPS) is 10.9. The van der Waals surface area contributed by atoms with Crippen LogP contribution in [-0.4, -0.2) is 17.0 Å². The van der Waals surface area contributed by atoms with Gasteiger partial charge in [-0.05, 0) is 36.8 Å². The van der Waals surface area contributed by atoms with Crippen LogP contribution in [0, 0.1) is 0 Å². The van der Waals surface area contributed by atoms with Gasteiger partial charge in [0.25, 0.3) is 0 Å². The van der Waals surface area contributed by atoms with E-state index in [1.165, 1.54) is 0 Å². The van der Waals surface area contributed by atoms with Crippen molar-refractivity contribution in [2.24, 2.45) is 0 Å². The summed E-state index contributed by atoms with van der Waals surface area (Å²) in [6.07, 6.45) is 0. The summed E-state index contributed by atoms with van der Waals surface area (Å²) in [5, 5.41) is 4.89. The minimum Gasteiger partial charge on any atom is -0.314 e. The van der Waals surface area contributed by atoms with Gasteiger partial charge in [0.15, 0.2) is 0 Å². The van der Waals surface area contributed by atoms with E-state index in [2.05, 4.69) is 15.3 Å². The van der Waals surface area contributed by atoms with Gasteiger partial charge in [-0.15, -0.1) is 0 Å². The van der Waals surface area contributed by atoms with E-state index in [4.69, 9.17) is 23.2 Å². The van der Waals surface area contributed by atoms with Gasteiger partial charge in [-0.2, -0.15) is 0 Å². The van der Waals surface area contributed by atoms with Crippen LogP contribution >= 0.6 is 23.2 Å². The van der Waals surface area contributed by atoms with Crippen LogP contribution in [0.5, 0.6) is 0 Å². The third-order valence-electron chi connectivity index (χ3n) is 2.05. The molecule has 15 heavy (non-hydrogen) atoms. The van der Waals surface area contributed by atoms with E-state index in [1.54, 1.807) is 6.07 Å². The number of rotatable bonds is 2. The van der Waals surface area contributed by atoms with Crippen LogP contribution in [0.3, 0.4) is 0 Å². The highest BCUT2D eigenvalue weighted by Gasteiger charge is 2.06. The summed E-state index contributed by atoms with van der Waals surface area (Å²) < 4.78 is 0. The number of hydrogen-bond donors (Lipinski definition) is 1. The van der Waals surface area contributed by atoms with Crippen molar-refractivity contribution >= 4 is 34.1 Å². The molecule has 0 fully saturated rings. The van der Waals surface area contributed by atoms with E-state index in [9.17, 15) is 0 Å². The zero-order valence-corrected chi connectivity index (χ0v) is 9.60. The molecule has 0 unspecified atom stereocenters. The zero-order chi connectivity index (χ0) is 10.8. The molecule has 1 aromatic heterocycles. The molecule has 78 valence electrons. The quantitative estimate of drug-likeness (QED) is 0.822. The highest BCUT2D eigenvalue weighted by Crippen LogP contribution is 2.21. The predicted octanol–water partition coefficient (Wildman–Crippen LogP) is 2.66. The van der Waals surface area contributed by atoms with Crippen LogP contribution in [-0.2, 0) is 6.54 Å². The van der Waals surface area contributed by atoms with Gasteiger partial charge in [0, 0.05) is 17.0 Å². The summed E-state index contributed by atoms with van der Waals surface area (Å²) in [6.45, 7) is 0.638. The summed E-state index contributed by atoms with van der Waals surface area (Å²) in [5.74, 6) is 0. The van der Waals surface area contributed by atoms with Crippen LogP contribution in [0.4, 0.5) is 0 Å². The van der Waals surface area contributed by atoms with Gasteiger partial charge in [0.2, 0.25) is 5.28 Å². The first-order valence-corrected chi connectivity index (χ1v) is 5.22. The van der Waals surface area contributed by atoms with Crippen molar-refractivity contribution in [2.75, 3.05) is 7.05 Å². The summed E-state index contributed by atoms with van der Waals surface area (Å²) in [7, 11) is 1.85. The van der Waals surface area contributed by atoms with Gasteiger partial charge in [0.05, 0.1) is 11.2 Å². The number of halogens is 2. The van der Waals surface area contributed by atoms with Crippen molar-refractivity contribution in [2.45, 2.75) is 6.54 Å². The Morgan fingerprint density at radius 2 is 2.07 bits per heavy atom. The molecule has 2 aromatic rings. The topological polar surface area (TPSA) is 37.8 Å². The second-order valence-corrected chi connectivity index (χ2v) is 3.91. The van der Waals surface area contributed by atoms with Gasteiger partial charge in [-0.3, -0.25) is 0 Å². The molecule has 0 atom stereocenters. The van der Waals surface area contributed by atoms with E-state index in [0.717, 1.165) is 16.6 Å². The van der Waals surface area contributed by atoms with Crippen LogP contribution < -0.4 is 5.32 Å². The maximum atomic E-state index is 5.92. The lowest BCUT2D eigenvalue weighted by molar-refractivity contribution is 0.795. The first-order chi connectivity index (χ1) is 7.20. The molecule has 0 radical (unpaired) electrons. The Labute approximate surface area is 97.4 Å². The molecule has 0 saturated heterocycles. The van der Waals surface area contributed by atoms with E-state index in [1.807, 2.05) is 19.2 Å². The summed E-state index contributed by atoms with van der Waals surface area (Å²) in [5.41, 5.74) is 1.67. The van der Waals surface area contributed by atoms with Crippen molar-refractivity contribution in [3.8, 4) is 0 Å². The lowest BCUT2D eigenvalue weighted by Gasteiger charge is -2.05. The molecule has 0 spiro atoms. The smallest absolute Gasteiger partial charge is 0.223 e. The molecule has 0 aliphatic heterocycles. The Morgan fingerprint density at radius 3 is 2.80 bits per heavy atom. The first kappa shape index (κ1) is 10.6. The third-order valence-corrected chi connectivity index (χ3v) is 2.46. The second kappa shape index (κ2) is 4.31. The van der Waals surface area contributed by atoms with Gasteiger partial charge >= 0.3 is 0 Å². The second-order valence-electron chi connectivity index (χ2n) is 3.13. The molecule has 2 rings (SSSR count). The largest absolute Gasteiger partial charge is 0.314 e. The fraction of sp³-hybridized carbons (Fsp3) is 0.200. The molecule has 0 saturated carbocycles. The average molecular weight is 242 g/mol. The van der Waals surface area contributed by atoms with Crippen LogP contribution in [0.25, 0.3) is 10.9 Å². The first-order valence-electron chi connectivity index (χ1n) is 4.47. The number of nitrogens with one attached hydrogen (secondary N) is 1. The van der Waals surface area contributed by atoms with Crippen molar-refractivity contribution in [1.82, 2.24) is 15.3 Å². The highest BCUT2D eigenvalue weighted by atomic mass is 35.5. The average Bonchev–Trinajstić information content (AvgIpc) is 2.19. The predicted molar refractivity (Wildman–Crippen MR) is 62.3 cm³/mol. The van der Waals surface area contributed by atoms with Crippen molar-refractivity contribution < 1.29 is 0 Å². The molecular weight excluding hydrogens is 233 g/mol. The Morgan fingerprint density at radius 1 is 1.27 bits per heavy atom. The molecule has 0 amide bonds. The van der Waals surface area contributed by atoms with E-state index in [0.29, 0.717) is 11.6 Å². The van der Waals surface area contributed by atoms with E-state index < -0.39 is 0 Å². The third kappa shape index (κ3) is 2.20. The summed E-state index contributed by atoms with van der Waals surface area (Å²) in [6, 6.07) is 5.47. The number of hydrogen-bond acceptors (Lipinski definition) is 3. The molecule has 5 heteroatoms. The van der Waals surface area contributed by atoms with E-state index in [-0.39, 0.29) is 5.28 Å². The molecule has 1 N–H and O–H groups in total. The molecule has 1 heterocycles. The Bertz CT molecular complexity index is 499. The standard InChI is InChI=1S/C10H9Cl2N3/c1-13-5-9-7-4-6(11)2-3-8(7)14-10(12)15-9/h2-4,13H,5H2,1H3. The van der Waals surface area contributed by atoms with Crippen molar-refractivity contribution in [3.63, 3.8) is 0 Å². The lowest BCUT2D eigenvalue weighted by atomic mass is 10.2. The minimum absolute atomic E-state index is 0.259. The molecule has 1 aromatic carbocycles. The fourth-order valence-electron chi connectivity index (χ4n) is 1.44. The van der Waals surface area contributed by atoms with Gasteiger partial charge < -0.3 is 5.32 Å². The maximum absolute atomic E-state index is 5.92. The van der Waals surface area contributed by atoms with Gasteiger partial charge in [-0.25, -0.2) is 9.97 Å². The molecule has 0 aliphatic carbocycles. The summed E-state index contributed by atoms with van der Waals surface area (Å²) >= 11 is 11.7. The van der Waals surface area contributed by atoms with E-state index >= 15 is 0 Å². The van der Waals surface area contributed by atoms with Gasteiger partial charge in [0.1, 0.15) is 0 Å². The molecule has 0 aliphatic rings. The SMILES string of the molecule is CNCc1nc(Cl)nc2ccc(Cl)cc12. The Kier molecular flexibility index (Phi) is 3.05. The van der Waals surface area contributed by atoms with Crippen molar-refractivity contribution in [3.05, 3.63) is 34.2 Å². The lowest BCUT2D eigenvalue weighted by Crippen LogP contribution is -2.08. The molecular formula is C10H9Cl2N3. The van der Waals surface area contributed by atoms with Gasteiger partial charge in [-0.1, -0.05) is 11.6 Å². The maximum Gasteiger partial charge on any atom is 0.223 e. The summed E-state index contributed by atoms with van der Waals surface area (Å²) in [4.78, 5) is 8.29. The monoisotopic (exact) mass is 241 g/mol. The Hall–Kier alpha value is -0.900. The highest BCUT2D eigenvalue weighted by molar-refractivity contribution is 6.31. The Balaban J connectivity index is 2.70.